The van der Waals surface area contributed by atoms with Crippen molar-refractivity contribution < 1.29 is 17.6 Å². The first-order chi connectivity index (χ1) is 14.0. The molecule has 3 atom stereocenters. The highest BCUT2D eigenvalue weighted by Gasteiger charge is 2.54. The second kappa shape index (κ2) is 7.37. The Morgan fingerprint density at radius 1 is 1.07 bits per heavy atom. The Balaban J connectivity index is 1.72. The van der Waals surface area contributed by atoms with E-state index in [0.29, 0.717) is 25.3 Å². The van der Waals surface area contributed by atoms with Gasteiger partial charge in [0.2, 0.25) is 5.67 Å². The average Bonchev–Trinajstić information content (AvgIpc) is 3.11. The van der Waals surface area contributed by atoms with Gasteiger partial charge >= 0.3 is 6.18 Å². The van der Waals surface area contributed by atoms with E-state index in [0.717, 1.165) is 36.9 Å². The second-order valence-electron chi connectivity index (χ2n) is 9.40. The molecule has 2 aliphatic rings. The molecular formula is C25H29F4N. The third-order valence-corrected chi connectivity index (χ3v) is 7.21. The average molecular weight is 420 g/mol. The van der Waals surface area contributed by atoms with Crippen LogP contribution in [-0.2, 0) is 23.9 Å². The first-order valence-electron chi connectivity index (χ1n) is 10.8. The van der Waals surface area contributed by atoms with Gasteiger partial charge in [0.15, 0.2) is 0 Å². The number of hydrogen-bond donors (Lipinski definition) is 1. The normalized spacial score (nSPS) is 25.7. The summed E-state index contributed by atoms with van der Waals surface area (Å²) in [5.74, 6) is 0.468. The maximum absolute atomic E-state index is 14.6. The van der Waals surface area contributed by atoms with Gasteiger partial charge in [0, 0.05) is 11.5 Å². The zero-order valence-electron chi connectivity index (χ0n) is 17.7. The van der Waals surface area contributed by atoms with E-state index in [1.807, 2.05) is 0 Å². The molecule has 0 spiro atoms. The Bertz CT molecular complexity index is 914. The predicted octanol–water partition coefficient (Wildman–Crippen LogP) is 6.35. The minimum absolute atomic E-state index is 0.156. The van der Waals surface area contributed by atoms with Gasteiger partial charge in [-0.3, -0.25) is 0 Å². The van der Waals surface area contributed by atoms with E-state index in [9.17, 15) is 17.6 Å². The highest BCUT2D eigenvalue weighted by molar-refractivity contribution is 5.46. The lowest BCUT2D eigenvalue weighted by molar-refractivity contribution is -0.228. The van der Waals surface area contributed by atoms with Gasteiger partial charge in [-0.25, -0.2) is 4.39 Å². The van der Waals surface area contributed by atoms with Crippen molar-refractivity contribution in [1.82, 2.24) is 5.32 Å². The largest absolute Gasteiger partial charge is 0.426 e. The molecule has 0 radical (unpaired) electrons. The lowest BCUT2D eigenvalue weighted by atomic mass is 9.63. The van der Waals surface area contributed by atoms with Crippen LogP contribution in [-0.4, -0.2) is 18.8 Å². The van der Waals surface area contributed by atoms with Crippen LogP contribution in [0.15, 0.2) is 42.5 Å². The molecule has 1 saturated heterocycles. The molecule has 1 nitrogen and oxygen atoms in total. The third kappa shape index (κ3) is 3.45. The Morgan fingerprint density at radius 2 is 1.77 bits per heavy atom. The van der Waals surface area contributed by atoms with Crippen molar-refractivity contribution in [2.75, 3.05) is 6.54 Å². The van der Waals surface area contributed by atoms with Crippen molar-refractivity contribution in [3.8, 4) is 0 Å². The molecule has 0 aromatic heterocycles. The summed E-state index contributed by atoms with van der Waals surface area (Å²) in [5.41, 5.74) is 0.673. The zero-order valence-corrected chi connectivity index (χ0v) is 17.7. The SMILES string of the molecule is CC(C)c1ccc(CC23CCNC2CCc2cc(C(C)(F)C(F)(F)F)ccc23)cc1. The van der Waals surface area contributed by atoms with Gasteiger partial charge in [0.1, 0.15) is 0 Å². The van der Waals surface area contributed by atoms with Crippen molar-refractivity contribution in [3.05, 3.63) is 70.3 Å². The van der Waals surface area contributed by atoms with Crippen LogP contribution in [0.2, 0.25) is 0 Å². The van der Waals surface area contributed by atoms with E-state index in [1.54, 1.807) is 6.07 Å². The molecule has 1 N–H and O–H groups in total. The van der Waals surface area contributed by atoms with Crippen molar-refractivity contribution in [1.29, 1.82) is 0 Å². The quantitative estimate of drug-likeness (QED) is 0.570. The minimum atomic E-state index is -4.93. The number of halogens is 4. The predicted molar refractivity (Wildman–Crippen MR) is 112 cm³/mol. The summed E-state index contributed by atoms with van der Waals surface area (Å²) in [7, 11) is 0. The van der Waals surface area contributed by atoms with Gasteiger partial charge in [0.05, 0.1) is 0 Å². The number of alkyl halides is 4. The fourth-order valence-electron chi connectivity index (χ4n) is 5.27. The lowest BCUT2D eigenvalue weighted by Gasteiger charge is -2.42. The first kappa shape index (κ1) is 21.4. The fraction of sp³-hybridized carbons (Fsp3) is 0.520. The van der Waals surface area contributed by atoms with Gasteiger partial charge in [-0.05, 0) is 72.9 Å². The van der Waals surface area contributed by atoms with E-state index in [4.69, 9.17) is 0 Å². The molecule has 4 rings (SSSR count). The van der Waals surface area contributed by atoms with Gasteiger partial charge < -0.3 is 5.32 Å². The van der Waals surface area contributed by atoms with E-state index in [-0.39, 0.29) is 11.0 Å². The number of aryl methyl sites for hydroxylation is 1. The standard InChI is InChI=1S/C25H29F4N/c1-16(2)18-6-4-17(5-7-18)15-24-12-13-30-22(24)11-8-19-14-20(9-10-21(19)24)23(3,26)25(27,28)29/h4-7,9-10,14,16,22,30H,8,11-13,15H2,1-3H3. The summed E-state index contributed by atoms with van der Waals surface area (Å²) in [4.78, 5) is 0. The number of fused-ring (bicyclic) bond motifs is 3. The molecule has 2 aromatic carbocycles. The van der Waals surface area contributed by atoms with Crippen molar-refractivity contribution in [3.63, 3.8) is 0 Å². The number of nitrogens with one attached hydrogen (secondary N) is 1. The van der Waals surface area contributed by atoms with Crippen molar-refractivity contribution in [2.45, 2.75) is 75.7 Å². The molecule has 0 bridgehead atoms. The minimum Gasteiger partial charge on any atom is -0.313 e. The Labute approximate surface area is 175 Å². The topological polar surface area (TPSA) is 12.0 Å². The number of rotatable bonds is 4. The van der Waals surface area contributed by atoms with E-state index >= 15 is 0 Å². The molecule has 5 heteroatoms. The van der Waals surface area contributed by atoms with Crippen molar-refractivity contribution in [2.24, 2.45) is 0 Å². The van der Waals surface area contributed by atoms with E-state index in [2.05, 4.69) is 43.4 Å². The molecule has 162 valence electrons. The third-order valence-electron chi connectivity index (χ3n) is 7.21. The fourth-order valence-corrected chi connectivity index (χ4v) is 5.27. The summed E-state index contributed by atoms with van der Waals surface area (Å²) < 4.78 is 54.3. The van der Waals surface area contributed by atoms with Crippen LogP contribution in [0.25, 0.3) is 0 Å². The van der Waals surface area contributed by atoms with Gasteiger partial charge in [-0.15, -0.1) is 0 Å². The maximum atomic E-state index is 14.6. The summed E-state index contributed by atoms with van der Waals surface area (Å²) in [5, 5.41) is 3.61. The summed E-state index contributed by atoms with van der Waals surface area (Å²) in [6.07, 6.45) is -1.63. The van der Waals surface area contributed by atoms with E-state index < -0.39 is 11.8 Å². The Morgan fingerprint density at radius 3 is 2.40 bits per heavy atom. The highest BCUT2D eigenvalue weighted by atomic mass is 19.4. The summed E-state index contributed by atoms with van der Waals surface area (Å²) in [6, 6.07) is 13.5. The molecule has 1 heterocycles. The van der Waals surface area contributed by atoms with Gasteiger partial charge in [-0.1, -0.05) is 56.3 Å². The van der Waals surface area contributed by atoms with Crippen LogP contribution in [0, 0.1) is 0 Å². The molecule has 1 fully saturated rings. The van der Waals surface area contributed by atoms with Crippen molar-refractivity contribution >= 4 is 0 Å². The van der Waals surface area contributed by atoms with Crippen LogP contribution < -0.4 is 5.32 Å². The monoisotopic (exact) mass is 419 g/mol. The summed E-state index contributed by atoms with van der Waals surface area (Å²) >= 11 is 0. The van der Waals surface area contributed by atoms with E-state index in [1.165, 1.54) is 23.3 Å². The molecule has 1 aliphatic carbocycles. The molecule has 2 aromatic rings. The summed E-state index contributed by atoms with van der Waals surface area (Å²) in [6.45, 7) is 5.83. The van der Waals surface area contributed by atoms with Crippen LogP contribution in [0.3, 0.4) is 0 Å². The number of benzene rings is 2. The van der Waals surface area contributed by atoms with Crippen LogP contribution >= 0.6 is 0 Å². The lowest BCUT2D eigenvalue weighted by Crippen LogP contribution is -2.46. The van der Waals surface area contributed by atoms with Crippen LogP contribution in [0.4, 0.5) is 17.6 Å². The molecule has 1 aliphatic heterocycles. The molecule has 30 heavy (non-hydrogen) atoms. The molecular weight excluding hydrogens is 390 g/mol. The molecule has 0 amide bonds. The second-order valence-corrected chi connectivity index (χ2v) is 9.40. The Hall–Kier alpha value is -1.88. The zero-order chi connectivity index (χ0) is 21.7. The van der Waals surface area contributed by atoms with Crippen LogP contribution in [0.1, 0.15) is 67.3 Å². The highest BCUT2D eigenvalue weighted by Crippen LogP contribution is 2.48. The van der Waals surface area contributed by atoms with Gasteiger partial charge in [0.25, 0.3) is 0 Å². The maximum Gasteiger partial charge on any atom is 0.426 e. The Kier molecular flexibility index (Phi) is 5.24. The smallest absolute Gasteiger partial charge is 0.313 e. The number of hydrogen-bond acceptors (Lipinski definition) is 1. The molecule has 3 unspecified atom stereocenters. The van der Waals surface area contributed by atoms with Gasteiger partial charge in [-0.2, -0.15) is 13.2 Å². The first-order valence-corrected chi connectivity index (χ1v) is 10.8. The van der Waals surface area contributed by atoms with Crippen LogP contribution in [0.5, 0.6) is 0 Å². The molecule has 0 saturated carbocycles.